The van der Waals surface area contributed by atoms with Crippen LogP contribution < -0.4 is 10.1 Å². The van der Waals surface area contributed by atoms with Crippen LogP contribution in [-0.2, 0) is 16.0 Å². The summed E-state index contributed by atoms with van der Waals surface area (Å²) < 4.78 is 18.4. The third-order valence-electron chi connectivity index (χ3n) is 4.18. The van der Waals surface area contributed by atoms with Crippen molar-refractivity contribution in [2.24, 2.45) is 0 Å². The maximum absolute atomic E-state index is 13.0. The lowest BCUT2D eigenvalue weighted by Crippen LogP contribution is -2.50. The van der Waals surface area contributed by atoms with E-state index in [2.05, 4.69) is 5.32 Å². The largest absolute Gasteiger partial charge is 0.484 e. The third kappa shape index (κ3) is 6.40. The smallest absolute Gasteiger partial charge is 0.261 e. The second-order valence-electron chi connectivity index (χ2n) is 6.14. The van der Waals surface area contributed by atoms with E-state index in [0.717, 1.165) is 5.56 Å². The number of rotatable bonds is 9. The first kappa shape index (κ1) is 20.4. The van der Waals surface area contributed by atoms with Gasteiger partial charge in [-0.05, 0) is 50.1 Å². The first-order chi connectivity index (χ1) is 13.0. The van der Waals surface area contributed by atoms with Crippen LogP contribution in [0.15, 0.2) is 54.6 Å². The van der Waals surface area contributed by atoms with Crippen LogP contribution in [0, 0.1) is 5.82 Å². The predicted octanol–water partition coefficient (Wildman–Crippen LogP) is 2.80. The Hall–Kier alpha value is -2.89. The lowest BCUT2D eigenvalue weighted by molar-refractivity contribution is -0.141. The van der Waals surface area contributed by atoms with E-state index in [1.165, 1.54) is 29.2 Å². The Kier molecular flexibility index (Phi) is 7.79. The molecule has 27 heavy (non-hydrogen) atoms. The van der Waals surface area contributed by atoms with Gasteiger partial charge in [-0.1, -0.05) is 30.3 Å². The number of halogens is 1. The van der Waals surface area contributed by atoms with Gasteiger partial charge in [-0.2, -0.15) is 0 Å². The van der Waals surface area contributed by atoms with Gasteiger partial charge in [0.1, 0.15) is 17.6 Å². The van der Waals surface area contributed by atoms with E-state index in [4.69, 9.17) is 4.74 Å². The number of nitrogens with one attached hydrogen (secondary N) is 1. The molecule has 0 saturated heterocycles. The Morgan fingerprint density at radius 1 is 1.11 bits per heavy atom. The highest BCUT2D eigenvalue weighted by molar-refractivity contribution is 5.87. The molecule has 6 heteroatoms. The zero-order chi connectivity index (χ0) is 19.6. The molecule has 5 nitrogen and oxygen atoms in total. The van der Waals surface area contributed by atoms with E-state index >= 15 is 0 Å². The summed E-state index contributed by atoms with van der Waals surface area (Å²) in [4.78, 5) is 26.4. The number of benzene rings is 2. The second-order valence-corrected chi connectivity index (χ2v) is 6.14. The summed E-state index contributed by atoms with van der Waals surface area (Å²) >= 11 is 0. The van der Waals surface area contributed by atoms with Crippen molar-refractivity contribution < 1.29 is 18.7 Å². The second kappa shape index (κ2) is 10.3. The zero-order valence-electron chi connectivity index (χ0n) is 15.7. The number of hydrogen-bond acceptors (Lipinski definition) is 3. The number of carbonyl (C=O) groups is 2. The molecule has 2 rings (SSSR count). The minimum absolute atomic E-state index is 0.208. The fourth-order valence-electron chi connectivity index (χ4n) is 2.65. The molecule has 0 radical (unpaired) electrons. The number of ether oxygens (including phenoxy) is 1. The molecule has 0 fully saturated rings. The van der Waals surface area contributed by atoms with Crippen LogP contribution in [0.5, 0.6) is 5.75 Å². The maximum atomic E-state index is 13.0. The lowest BCUT2D eigenvalue weighted by atomic mass is 10.1. The molecule has 0 heterocycles. The van der Waals surface area contributed by atoms with Gasteiger partial charge in [0.25, 0.3) is 5.91 Å². The van der Waals surface area contributed by atoms with Gasteiger partial charge < -0.3 is 15.0 Å². The number of hydrogen-bond donors (Lipinski definition) is 1. The molecule has 144 valence electrons. The normalized spacial score (nSPS) is 11.5. The zero-order valence-corrected chi connectivity index (χ0v) is 15.7. The van der Waals surface area contributed by atoms with E-state index in [-0.39, 0.29) is 24.2 Å². The van der Waals surface area contributed by atoms with Gasteiger partial charge in [0.2, 0.25) is 5.91 Å². The van der Waals surface area contributed by atoms with Crippen LogP contribution in [0.2, 0.25) is 0 Å². The predicted molar refractivity (Wildman–Crippen MR) is 102 cm³/mol. The highest BCUT2D eigenvalue weighted by Crippen LogP contribution is 2.12. The Balaban J connectivity index is 2.03. The van der Waals surface area contributed by atoms with Crippen LogP contribution in [-0.4, -0.2) is 42.5 Å². The van der Waals surface area contributed by atoms with Crippen LogP contribution >= 0.6 is 0 Å². The van der Waals surface area contributed by atoms with E-state index in [1.807, 2.05) is 37.3 Å². The maximum Gasteiger partial charge on any atom is 0.261 e. The molecule has 0 unspecified atom stereocenters. The quantitative estimate of drug-likeness (QED) is 0.736. The van der Waals surface area contributed by atoms with Gasteiger partial charge in [-0.25, -0.2) is 4.39 Å². The monoisotopic (exact) mass is 372 g/mol. The average Bonchev–Trinajstić information content (AvgIpc) is 2.68. The number of likely N-dealkylation sites (N-methyl/N-ethyl adjacent to an activating group) is 1. The molecule has 0 aliphatic rings. The van der Waals surface area contributed by atoms with Crippen molar-refractivity contribution in [2.45, 2.75) is 26.3 Å². The van der Waals surface area contributed by atoms with Gasteiger partial charge >= 0.3 is 0 Å². The average molecular weight is 372 g/mol. The summed E-state index contributed by atoms with van der Waals surface area (Å²) in [5, 5.41) is 2.74. The van der Waals surface area contributed by atoms with Gasteiger partial charge in [0.05, 0.1) is 0 Å². The highest BCUT2D eigenvalue weighted by atomic mass is 19.1. The fraction of sp³-hybridized carbons (Fsp3) is 0.333. The topological polar surface area (TPSA) is 58.6 Å². The lowest BCUT2D eigenvalue weighted by Gasteiger charge is -2.28. The summed E-state index contributed by atoms with van der Waals surface area (Å²) in [5.74, 6) is -0.476. The molecule has 2 aromatic carbocycles. The summed E-state index contributed by atoms with van der Waals surface area (Å²) in [5.41, 5.74) is 1.08. The van der Waals surface area contributed by atoms with Crippen LogP contribution in [0.4, 0.5) is 4.39 Å². The number of nitrogens with zero attached hydrogens (tertiary/aromatic N) is 1. The van der Waals surface area contributed by atoms with Gasteiger partial charge in [-0.3, -0.25) is 9.59 Å². The van der Waals surface area contributed by atoms with E-state index < -0.39 is 6.04 Å². The van der Waals surface area contributed by atoms with Crippen LogP contribution in [0.3, 0.4) is 0 Å². The summed E-state index contributed by atoms with van der Waals surface area (Å²) in [6, 6.07) is 14.6. The van der Waals surface area contributed by atoms with Crippen molar-refractivity contribution in [2.75, 3.05) is 19.7 Å². The summed E-state index contributed by atoms with van der Waals surface area (Å²) in [6.45, 7) is 4.21. The van der Waals surface area contributed by atoms with Crippen LogP contribution in [0.1, 0.15) is 19.4 Å². The van der Waals surface area contributed by atoms with Crippen molar-refractivity contribution in [3.05, 3.63) is 66.0 Å². The van der Waals surface area contributed by atoms with Gasteiger partial charge in [0.15, 0.2) is 6.61 Å². The summed E-state index contributed by atoms with van der Waals surface area (Å²) in [7, 11) is 0. The fourth-order valence-corrected chi connectivity index (χ4v) is 2.65. The molecule has 0 aliphatic carbocycles. The van der Waals surface area contributed by atoms with E-state index in [9.17, 15) is 14.0 Å². The molecular weight excluding hydrogens is 347 g/mol. The van der Waals surface area contributed by atoms with Gasteiger partial charge in [0, 0.05) is 13.1 Å². The molecule has 1 N–H and O–H groups in total. The van der Waals surface area contributed by atoms with Crippen molar-refractivity contribution in [1.82, 2.24) is 10.2 Å². The molecule has 2 amide bonds. The van der Waals surface area contributed by atoms with E-state index in [0.29, 0.717) is 25.3 Å². The Morgan fingerprint density at radius 3 is 2.41 bits per heavy atom. The molecule has 1 atom stereocenters. The van der Waals surface area contributed by atoms with Crippen LogP contribution in [0.25, 0.3) is 0 Å². The first-order valence-electron chi connectivity index (χ1n) is 9.00. The van der Waals surface area contributed by atoms with Crippen molar-refractivity contribution in [1.29, 1.82) is 0 Å². The minimum Gasteiger partial charge on any atom is -0.484 e. The van der Waals surface area contributed by atoms with Crippen molar-refractivity contribution in [3.63, 3.8) is 0 Å². The Morgan fingerprint density at radius 2 is 1.78 bits per heavy atom. The standard InChI is InChI=1S/C21H25FN2O3/c1-3-23-21(26)16(2)24(14-13-17-7-5-4-6-8-17)20(25)15-27-19-11-9-18(22)10-12-19/h4-12,16H,3,13-15H2,1-2H3,(H,23,26)/t16-/m0/s1. The Bertz CT molecular complexity index is 735. The van der Waals surface area contributed by atoms with Crippen molar-refractivity contribution >= 4 is 11.8 Å². The number of carbonyl (C=O) groups excluding carboxylic acids is 2. The molecule has 2 aromatic rings. The molecule has 0 bridgehead atoms. The van der Waals surface area contributed by atoms with E-state index in [1.54, 1.807) is 6.92 Å². The van der Waals surface area contributed by atoms with Crippen molar-refractivity contribution in [3.8, 4) is 5.75 Å². The third-order valence-corrected chi connectivity index (χ3v) is 4.18. The molecule has 0 spiro atoms. The number of amides is 2. The Labute approximate surface area is 159 Å². The highest BCUT2D eigenvalue weighted by Gasteiger charge is 2.25. The van der Waals surface area contributed by atoms with Gasteiger partial charge in [-0.15, -0.1) is 0 Å². The summed E-state index contributed by atoms with van der Waals surface area (Å²) in [6.07, 6.45) is 0.632. The molecule has 0 saturated carbocycles. The molecular formula is C21H25FN2O3. The SMILES string of the molecule is CCNC(=O)[C@H](C)N(CCc1ccccc1)C(=O)COc1ccc(F)cc1. The molecule has 0 aromatic heterocycles. The minimum atomic E-state index is -0.613. The molecule has 0 aliphatic heterocycles. The first-order valence-corrected chi connectivity index (χ1v) is 9.00.